The van der Waals surface area contributed by atoms with Gasteiger partial charge >= 0.3 is 0 Å². The van der Waals surface area contributed by atoms with Crippen molar-refractivity contribution >= 4 is 31.8 Å². The van der Waals surface area contributed by atoms with E-state index in [4.69, 9.17) is 19.7 Å². The van der Waals surface area contributed by atoms with Crippen LogP contribution in [0.5, 0.6) is 11.5 Å². The smallest absolute Gasteiger partial charge is 0.241 e. The summed E-state index contributed by atoms with van der Waals surface area (Å²) in [6, 6.07) is 28.0. The highest BCUT2D eigenvalue weighted by Gasteiger charge is 2.29. The third-order valence-electron chi connectivity index (χ3n) is 9.01. The average molecular weight is 675 g/mol. The van der Waals surface area contributed by atoms with Gasteiger partial charge in [-0.15, -0.1) is 10.2 Å². The summed E-state index contributed by atoms with van der Waals surface area (Å²) in [5, 5.41) is 11.6. The zero-order chi connectivity index (χ0) is 34.0. The average Bonchev–Trinajstić information content (AvgIpc) is 3.84. The quantitative estimate of drug-likeness (QED) is 0.126. The monoisotopic (exact) mass is 674 g/mol. The Labute approximate surface area is 285 Å². The SMILES string of the molecule is COc1ccc(Cn2c(CCc3c[nH]c4ccccc34)nnc2C(Cc2c[nH]c3ccccc23)NS(=O)(=O)c2ccc(C)cc2)c(OC)c1. The van der Waals surface area contributed by atoms with Gasteiger partial charge in [0.05, 0.1) is 31.7 Å². The topological polar surface area (TPSA) is 127 Å². The minimum Gasteiger partial charge on any atom is -0.497 e. The molecule has 3 heterocycles. The maximum atomic E-state index is 14.0. The van der Waals surface area contributed by atoms with Crippen molar-refractivity contribution in [3.8, 4) is 11.5 Å². The summed E-state index contributed by atoms with van der Waals surface area (Å²) in [6.07, 6.45) is 5.61. The Morgan fingerprint density at radius 2 is 1.45 bits per heavy atom. The normalized spacial score (nSPS) is 12.5. The van der Waals surface area contributed by atoms with Gasteiger partial charge in [0, 0.05) is 52.3 Å². The van der Waals surface area contributed by atoms with Crippen molar-refractivity contribution in [2.24, 2.45) is 0 Å². The number of hydrogen-bond donors (Lipinski definition) is 3. The maximum absolute atomic E-state index is 14.0. The Balaban J connectivity index is 1.32. The first-order valence-corrected chi connectivity index (χ1v) is 17.6. The fourth-order valence-electron chi connectivity index (χ4n) is 6.38. The lowest BCUT2D eigenvalue weighted by Gasteiger charge is -2.21. The highest BCUT2D eigenvalue weighted by molar-refractivity contribution is 7.89. The van der Waals surface area contributed by atoms with Gasteiger partial charge in [0.15, 0.2) is 5.82 Å². The van der Waals surface area contributed by atoms with E-state index in [0.29, 0.717) is 43.1 Å². The molecule has 0 amide bonds. The molecule has 0 aliphatic heterocycles. The van der Waals surface area contributed by atoms with Crippen LogP contribution in [-0.2, 0) is 35.8 Å². The van der Waals surface area contributed by atoms with Crippen molar-refractivity contribution in [3.63, 3.8) is 0 Å². The molecule has 11 heteroatoms. The molecule has 1 unspecified atom stereocenters. The Morgan fingerprint density at radius 1 is 0.776 bits per heavy atom. The second-order valence-corrected chi connectivity index (χ2v) is 13.9. The molecule has 0 aliphatic rings. The molecule has 0 aliphatic carbocycles. The van der Waals surface area contributed by atoms with Gasteiger partial charge in [0.2, 0.25) is 10.0 Å². The van der Waals surface area contributed by atoms with Gasteiger partial charge in [-0.3, -0.25) is 0 Å². The molecule has 7 rings (SSSR count). The maximum Gasteiger partial charge on any atom is 0.241 e. The number of fused-ring (bicyclic) bond motifs is 2. The molecular formula is C38H38N6O4S. The fraction of sp³-hybridized carbons (Fsp3) is 0.211. The van der Waals surface area contributed by atoms with Gasteiger partial charge in [-0.1, -0.05) is 54.1 Å². The number of ether oxygens (including phenoxy) is 2. The van der Waals surface area contributed by atoms with Crippen LogP contribution in [-0.4, -0.2) is 47.4 Å². The molecule has 3 aromatic heterocycles. The van der Waals surface area contributed by atoms with E-state index in [-0.39, 0.29) is 4.90 Å². The van der Waals surface area contributed by atoms with Crippen LogP contribution >= 0.6 is 0 Å². The van der Waals surface area contributed by atoms with E-state index in [0.717, 1.165) is 44.3 Å². The zero-order valence-corrected chi connectivity index (χ0v) is 28.4. The molecule has 0 bridgehead atoms. The molecule has 250 valence electrons. The van der Waals surface area contributed by atoms with Crippen LogP contribution in [0.4, 0.5) is 0 Å². The fourth-order valence-corrected chi connectivity index (χ4v) is 7.57. The van der Waals surface area contributed by atoms with Crippen molar-refractivity contribution in [2.45, 2.75) is 43.7 Å². The van der Waals surface area contributed by atoms with Crippen LogP contribution < -0.4 is 14.2 Å². The molecule has 0 saturated heterocycles. The molecule has 10 nitrogen and oxygen atoms in total. The van der Waals surface area contributed by atoms with E-state index in [1.165, 1.54) is 5.56 Å². The summed E-state index contributed by atoms with van der Waals surface area (Å²) in [5.41, 5.74) is 6.04. The second kappa shape index (κ2) is 13.6. The molecule has 1 atom stereocenters. The third kappa shape index (κ3) is 6.67. The predicted octanol–water partition coefficient (Wildman–Crippen LogP) is 6.66. The molecule has 0 fully saturated rings. The summed E-state index contributed by atoms with van der Waals surface area (Å²) < 4.78 is 44.2. The molecular weight excluding hydrogens is 637 g/mol. The lowest BCUT2D eigenvalue weighted by atomic mass is 10.0. The Morgan fingerprint density at radius 3 is 2.14 bits per heavy atom. The number of rotatable bonds is 13. The Bertz CT molecular complexity index is 2340. The summed E-state index contributed by atoms with van der Waals surface area (Å²) in [7, 11) is -0.702. The Kier molecular flexibility index (Phi) is 8.94. The van der Waals surface area contributed by atoms with Crippen LogP contribution in [0.25, 0.3) is 21.8 Å². The molecule has 3 N–H and O–H groups in total. The summed E-state index contributed by atoms with van der Waals surface area (Å²) in [4.78, 5) is 6.88. The number of hydrogen-bond acceptors (Lipinski definition) is 6. The molecule has 0 spiro atoms. The van der Waals surface area contributed by atoms with Crippen LogP contribution in [0.1, 0.15) is 39.9 Å². The van der Waals surface area contributed by atoms with E-state index < -0.39 is 16.1 Å². The number of benzene rings is 4. The van der Waals surface area contributed by atoms with E-state index in [9.17, 15) is 8.42 Å². The lowest BCUT2D eigenvalue weighted by Crippen LogP contribution is -2.32. The van der Waals surface area contributed by atoms with Crippen LogP contribution in [0.15, 0.2) is 108 Å². The summed E-state index contributed by atoms with van der Waals surface area (Å²) >= 11 is 0. The number of aryl methyl sites for hydroxylation is 3. The number of para-hydroxylation sites is 2. The number of sulfonamides is 1. The number of nitrogens with zero attached hydrogens (tertiary/aromatic N) is 3. The van der Waals surface area contributed by atoms with E-state index in [1.54, 1.807) is 38.5 Å². The summed E-state index contributed by atoms with van der Waals surface area (Å²) in [6.45, 7) is 2.28. The number of aromatic amines is 2. The van der Waals surface area contributed by atoms with Gasteiger partial charge in [0.1, 0.15) is 17.3 Å². The minimum atomic E-state index is -3.94. The van der Waals surface area contributed by atoms with Gasteiger partial charge < -0.3 is 24.0 Å². The summed E-state index contributed by atoms with van der Waals surface area (Å²) in [5.74, 6) is 2.56. The van der Waals surface area contributed by atoms with Crippen LogP contribution in [0.3, 0.4) is 0 Å². The molecule has 49 heavy (non-hydrogen) atoms. The van der Waals surface area contributed by atoms with Crippen LogP contribution in [0.2, 0.25) is 0 Å². The van der Waals surface area contributed by atoms with E-state index in [2.05, 4.69) is 26.8 Å². The molecule has 0 radical (unpaired) electrons. The van der Waals surface area contributed by atoms with Crippen molar-refractivity contribution in [1.82, 2.24) is 29.5 Å². The minimum absolute atomic E-state index is 0.185. The van der Waals surface area contributed by atoms with Gasteiger partial charge in [-0.2, -0.15) is 0 Å². The molecule has 4 aromatic carbocycles. The second-order valence-electron chi connectivity index (χ2n) is 12.1. The number of methoxy groups -OCH3 is 2. The van der Waals surface area contributed by atoms with E-state index >= 15 is 0 Å². The predicted molar refractivity (Wildman–Crippen MR) is 191 cm³/mol. The van der Waals surface area contributed by atoms with Crippen molar-refractivity contribution in [3.05, 3.63) is 137 Å². The van der Waals surface area contributed by atoms with Crippen molar-refractivity contribution in [1.29, 1.82) is 0 Å². The number of nitrogens with one attached hydrogen (secondary N) is 3. The first kappa shape index (κ1) is 32.2. The third-order valence-corrected chi connectivity index (χ3v) is 10.5. The zero-order valence-electron chi connectivity index (χ0n) is 27.6. The van der Waals surface area contributed by atoms with Gasteiger partial charge in [-0.25, -0.2) is 13.1 Å². The number of aromatic nitrogens is 5. The van der Waals surface area contributed by atoms with Crippen molar-refractivity contribution in [2.75, 3.05) is 14.2 Å². The highest BCUT2D eigenvalue weighted by Crippen LogP contribution is 2.30. The van der Waals surface area contributed by atoms with Gasteiger partial charge in [0.25, 0.3) is 0 Å². The van der Waals surface area contributed by atoms with Crippen LogP contribution in [0, 0.1) is 6.92 Å². The highest BCUT2D eigenvalue weighted by atomic mass is 32.2. The lowest BCUT2D eigenvalue weighted by molar-refractivity contribution is 0.389. The largest absolute Gasteiger partial charge is 0.497 e. The molecule has 7 aromatic rings. The first-order chi connectivity index (χ1) is 23.8. The van der Waals surface area contributed by atoms with Crippen molar-refractivity contribution < 1.29 is 17.9 Å². The number of H-pyrrole nitrogens is 2. The molecule has 0 saturated carbocycles. The standard InChI is InChI=1S/C38H38N6O4S/c1-25-12-17-30(18-13-25)49(45,46)43-35(20-28-23-40-34-11-7-5-9-32(28)34)38-42-41-37(19-15-26-22-39-33-10-6-4-8-31(26)33)44(38)24-27-14-16-29(47-2)21-36(27)48-3/h4-14,16-18,21-23,35,39-40,43H,15,19-20,24H2,1-3H3. The van der Waals surface area contributed by atoms with Gasteiger partial charge in [-0.05, 0) is 67.3 Å². The first-order valence-electron chi connectivity index (χ1n) is 16.1. The Hall–Kier alpha value is -5.39. The van der Waals surface area contributed by atoms with E-state index in [1.807, 2.05) is 78.5 Å².